The second-order valence-corrected chi connectivity index (χ2v) is 15.4. The Balaban J connectivity index is 1.08. The minimum atomic E-state index is 0.688. The molecule has 0 N–H and O–H groups in total. The van der Waals surface area contributed by atoms with Gasteiger partial charge in [-0.1, -0.05) is 158 Å². The summed E-state index contributed by atoms with van der Waals surface area (Å²) in [5, 5.41) is 6.05. The van der Waals surface area contributed by atoms with E-state index >= 15 is 0 Å². The molecule has 12 aromatic rings. The highest BCUT2D eigenvalue weighted by Gasteiger charge is 2.22. The van der Waals surface area contributed by atoms with Crippen molar-refractivity contribution in [3.8, 4) is 56.3 Å². The molecule has 0 aliphatic rings. The third-order valence-corrected chi connectivity index (χ3v) is 11.9. The zero-order valence-electron chi connectivity index (χ0n) is 32.6. The molecule has 60 heavy (non-hydrogen) atoms. The van der Waals surface area contributed by atoms with Crippen LogP contribution >= 0.6 is 0 Å². The zero-order valence-corrected chi connectivity index (χ0v) is 32.6. The van der Waals surface area contributed by atoms with Crippen LogP contribution < -0.4 is 0 Å². The standard InChI is InChI=1S/C56H36N4/c1-4-16-37(17-5-1)39-19-14-21-42(34-39)53-55-54(47-28-12-13-29-49(47)60(55)45-25-8-3-9-26-45)58-56(57-53)43-22-15-20-40(35-43)41-31-32-50-48(36-41)52-46-27-11-10-18-38(46)30-33-51(52)59(50)44-23-6-2-7-24-44/h1-36H. The molecule has 12 rings (SSSR count). The van der Waals surface area contributed by atoms with Crippen LogP contribution in [0.4, 0.5) is 0 Å². The van der Waals surface area contributed by atoms with Crippen molar-refractivity contribution in [1.82, 2.24) is 19.1 Å². The first-order valence-corrected chi connectivity index (χ1v) is 20.4. The second-order valence-electron chi connectivity index (χ2n) is 15.4. The van der Waals surface area contributed by atoms with Crippen molar-refractivity contribution in [3.05, 3.63) is 218 Å². The van der Waals surface area contributed by atoms with Gasteiger partial charge in [-0.25, -0.2) is 9.97 Å². The van der Waals surface area contributed by atoms with Gasteiger partial charge in [-0.2, -0.15) is 0 Å². The van der Waals surface area contributed by atoms with E-state index in [1.54, 1.807) is 0 Å². The van der Waals surface area contributed by atoms with Crippen LogP contribution in [0, 0.1) is 0 Å². The summed E-state index contributed by atoms with van der Waals surface area (Å²) in [7, 11) is 0. The van der Waals surface area contributed by atoms with Gasteiger partial charge in [-0.15, -0.1) is 0 Å². The van der Waals surface area contributed by atoms with Gasteiger partial charge in [0.25, 0.3) is 0 Å². The van der Waals surface area contributed by atoms with Gasteiger partial charge >= 0.3 is 0 Å². The molecule has 0 fully saturated rings. The molecule has 0 spiro atoms. The molecular weight excluding hydrogens is 729 g/mol. The van der Waals surface area contributed by atoms with Gasteiger partial charge in [0, 0.05) is 38.7 Å². The van der Waals surface area contributed by atoms with Gasteiger partial charge in [0.05, 0.1) is 27.8 Å². The maximum atomic E-state index is 5.52. The monoisotopic (exact) mass is 764 g/mol. The molecule has 3 aromatic heterocycles. The number of rotatable bonds is 6. The summed E-state index contributed by atoms with van der Waals surface area (Å²) in [6.45, 7) is 0. The minimum absolute atomic E-state index is 0.688. The summed E-state index contributed by atoms with van der Waals surface area (Å²) in [4.78, 5) is 11.0. The van der Waals surface area contributed by atoms with Gasteiger partial charge in [-0.3, -0.25) is 0 Å². The predicted octanol–water partition coefficient (Wildman–Crippen LogP) is 14.5. The summed E-state index contributed by atoms with van der Waals surface area (Å²) >= 11 is 0. The van der Waals surface area contributed by atoms with Crippen molar-refractivity contribution in [2.45, 2.75) is 0 Å². The van der Waals surface area contributed by atoms with Crippen LogP contribution in [-0.2, 0) is 0 Å². The third kappa shape index (κ3) is 5.46. The fourth-order valence-corrected chi connectivity index (χ4v) is 9.16. The molecule has 0 saturated heterocycles. The molecule has 0 aliphatic heterocycles. The number of aromatic nitrogens is 4. The number of benzene rings is 9. The highest BCUT2D eigenvalue weighted by atomic mass is 15.0. The molecule has 4 heteroatoms. The largest absolute Gasteiger partial charge is 0.309 e. The van der Waals surface area contributed by atoms with Crippen LogP contribution in [-0.4, -0.2) is 19.1 Å². The molecule has 280 valence electrons. The van der Waals surface area contributed by atoms with Crippen LogP contribution in [0.2, 0.25) is 0 Å². The molecule has 0 bridgehead atoms. The highest BCUT2D eigenvalue weighted by Crippen LogP contribution is 2.41. The SMILES string of the molecule is c1ccc(-c2cccc(-c3nc(-c4cccc(-c5ccc6c(c5)c5c7ccccc7ccc5n6-c5ccccc5)c4)nc4c5ccccc5n(-c5ccccc5)c34)c2)cc1. The normalized spacial score (nSPS) is 11.7. The van der Waals surface area contributed by atoms with Crippen molar-refractivity contribution < 1.29 is 0 Å². The third-order valence-electron chi connectivity index (χ3n) is 11.9. The molecule has 4 nitrogen and oxygen atoms in total. The Bertz CT molecular complexity index is 3580. The fraction of sp³-hybridized carbons (Fsp3) is 0. The number of hydrogen-bond acceptors (Lipinski definition) is 2. The summed E-state index contributed by atoms with van der Waals surface area (Å²) < 4.78 is 4.71. The molecule has 0 aliphatic carbocycles. The summed E-state index contributed by atoms with van der Waals surface area (Å²) in [5.74, 6) is 0.688. The van der Waals surface area contributed by atoms with Gasteiger partial charge in [0.15, 0.2) is 5.82 Å². The maximum Gasteiger partial charge on any atom is 0.160 e. The van der Waals surface area contributed by atoms with Gasteiger partial charge < -0.3 is 9.13 Å². The first-order valence-electron chi connectivity index (χ1n) is 20.4. The molecule has 0 atom stereocenters. The van der Waals surface area contributed by atoms with Crippen molar-refractivity contribution in [2.24, 2.45) is 0 Å². The average molecular weight is 765 g/mol. The number of para-hydroxylation sites is 3. The van der Waals surface area contributed by atoms with Gasteiger partial charge in [0.1, 0.15) is 5.52 Å². The van der Waals surface area contributed by atoms with Gasteiger partial charge in [-0.05, 0) is 93.7 Å². The topological polar surface area (TPSA) is 35.6 Å². The smallest absolute Gasteiger partial charge is 0.160 e. The molecule has 9 aromatic carbocycles. The van der Waals surface area contributed by atoms with E-state index in [9.17, 15) is 0 Å². The Labute approximate surface area is 346 Å². The fourth-order valence-electron chi connectivity index (χ4n) is 9.16. The lowest BCUT2D eigenvalue weighted by molar-refractivity contribution is 1.15. The molecule has 3 heterocycles. The van der Waals surface area contributed by atoms with Crippen LogP contribution in [0.15, 0.2) is 218 Å². The first-order chi connectivity index (χ1) is 29.8. The average Bonchev–Trinajstić information content (AvgIpc) is 3.85. The quantitative estimate of drug-likeness (QED) is 0.169. The lowest BCUT2D eigenvalue weighted by Gasteiger charge is -2.13. The zero-order chi connectivity index (χ0) is 39.6. The van der Waals surface area contributed by atoms with Crippen molar-refractivity contribution in [2.75, 3.05) is 0 Å². The summed E-state index contributed by atoms with van der Waals surface area (Å²) in [5.41, 5.74) is 15.0. The maximum absolute atomic E-state index is 5.52. The Hall–Kier alpha value is -8.08. The van der Waals surface area contributed by atoms with E-state index in [-0.39, 0.29) is 0 Å². The Morgan fingerprint density at radius 3 is 1.65 bits per heavy atom. The van der Waals surface area contributed by atoms with Gasteiger partial charge in [0.2, 0.25) is 0 Å². The molecule has 0 saturated carbocycles. The van der Waals surface area contributed by atoms with E-state index in [4.69, 9.17) is 9.97 Å². The Morgan fingerprint density at radius 1 is 0.317 bits per heavy atom. The summed E-state index contributed by atoms with van der Waals surface area (Å²) in [6.07, 6.45) is 0. The second kappa shape index (κ2) is 13.8. The summed E-state index contributed by atoms with van der Waals surface area (Å²) in [6, 6.07) is 77.9. The predicted molar refractivity (Wildman–Crippen MR) is 250 cm³/mol. The minimum Gasteiger partial charge on any atom is -0.309 e. The Kier molecular flexibility index (Phi) is 7.82. The van der Waals surface area contributed by atoms with Crippen LogP contribution in [0.25, 0.3) is 111 Å². The van der Waals surface area contributed by atoms with Crippen LogP contribution in [0.3, 0.4) is 0 Å². The van der Waals surface area contributed by atoms with E-state index in [0.29, 0.717) is 5.82 Å². The van der Waals surface area contributed by atoms with E-state index in [2.05, 4.69) is 228 Å². The molecular formula is C56H36N4. The van der Waals surface area contributed by atoms with Crippen molar-refractivity contribution in [3.63, 3.8) is 0 Å². The van der Waals surface area contributed by atoms with Crippen molar-refractivity contribution >= 4 is 54.5 Å². The molecule has 0 radical (unpaired) electrons. The van der Waals surface area contributed by atoms with E-state index in [0.717, 1.165) is 72.4 Å². The number of nitrogens with zero attached hydrogens (tertiary/aromatic N) is 4. The highest BCUT2D eigenvalue weighted by molar-refractivity contribution is 6.22. The van der Waals surface area contributed by atoms with Crippen LogP contribution in [0.1, 0.15) is 0 Å². The van der Waals surface area contributed by atoms with E-state index in [1.807, 2.05) is 0 Å². The number of fused-ring (bicyclic) bond motifs is 8. The Morgan fingerprint density at radius 2 is 0.867 bits per heavy atom. The van der Waals surface area contributed by atoms with Crippen molar-refractivity contribution in [1.29, 1.82) is 0 Å². The number of hydrogen-bond donors (Lipinski definition) is 0. The molecule has 0 unspecified atom stereocenters. The lowest BCUT2D eigenvalue weighted by atomic mass is 9.98. The first kappa shape index (κ1) is 34.0. The van der Waals surface area contributed by atoms with Crippen LogP contribution in [0.5, 0.6) is 0 Å². The van der Waals surface area contributed by atoms with E-state index < -0.39 is 0 Å². The molecule has 0 amide bonds. The lowest BCUT2D eigenvalue weighted by Crippen LogP contribution is -2.00. The van der Waals surface area contributed by atoms with E-state index in [1.165, 1.54) is 32.6 Å².